The zero-order valence-electron chi connectivity index (χ0n) is 19.0. The molecule has 0 heterocycles. The van der Waals surface area contributed by atoms with Crippen molar-refractivity contribution in [3.8, 4) is 0 Å². The molecule has 7 heteroatoms. The number of benzene rings is 2. The predicted octanol–water partition coefficient (Wildman–Crippen LogP) is 4.79. The lowest BCUT2D eigenvalue weighted by Gasteiger charge is -2.11. The molecule has 4 N–H and O–H groups in total. The number of carbonyl (C=O) groups excluding carboxylic acids is 3. The Balaban J connectivity index is 1.79. The van der Waals surface area contributed by atoms with E-state index in [4.69, 9.17) is 0 Å². The Kier molecular flexibility index (Phi) is 10.8. The second-order valence-electron chi connectivity index (χ2n) is 7.67. The van der Waals surface area contributed by atoms with Crippen LogP contribution in [0.3, 0.4) is 0 Å². The number of rotatable bonds is 13. The number of unbranched alkanes of at least 4 members (excludes halogenated alkanes) is 3. The van der Waals surface area contributed by atoms with E-state index in [0.717, 1.165) is 37.8 Å². The van der Waals surface area contributed by atoms with Crippen LogP contribution in [0.2, 0.25) is 0 Å². The molecule has 0 aliphatic carbocycles. The Bertz CT molecular complexity index is 881. The standard InChI is InChI=1S/C25H34N4O3/c1-3-5-7-11-23(30)29-22-10-8-9-21(17-22)27-18-24(31)28-20-14-12-19(13-15-20)25(32)26-16-6-4-2/h8-10,12-15,17,27H,3-7,11,16,18H2,1-2H3,(H,26,32)(H,28,31)(H,29,30). The van der Waals surface area contributed by atoms with Gasteiger partial charge in [0.05, 0.1) is 6.54 Å². The molecule has 0 saturated heterocycles. The molecular weight excluding hydrogens is 404 g/mol. The molecule has 3 amide bonds. The number of anilines is 3. The van der Waals surface area contributed by atoms with Crippen LogP contribution in [0, 0.1) is 0 Å². The summed E-state index contributed by atoms with van der Waals surface area (Å²) < 4.78 is 0. The van der Waals surface area contributed by atoms with Gasteiger partial charge in [0.2, 0.25) is 11.8 Å². The van der Waals surface area contributed by atoms with Gasteiger partial charge in [-0.3, -0.25) is 14.4 Å². The van der Waals surface area contributed by atoms with Crippen LogP contribution in [0.1, 0.15) is 62.7 Å². The van der Waals surface area contributed by atoms with Crippen molar-refractivity contribution in [2.24, 2.45) is 0 Å². The maximum absolute atomic E-state index is 12.3. The smallest absolute Gasteiger partial charge is 0.251 e. The number of hydrogen-bond acceptors (Lipinski definition) is 4. The zero-order valence-corrected chi connectivity index (χ0v) is 19.0. The highest BCUT2D eigenvalue weighted by Gasteiger charge is 2.07. The van der Waals surface area contributed by atoms with Crippen molar-refractivity contribution in [3.05, 3.63) is 54.1 Å². The Labute approximate surface area is 190 Å². The van der Waals surface area contributed by atoms with Crippen molar-refractivity contribution in [1.82, 2.24) is 5.32 Å². The van der Waals surface area contributed by atoms with Crippen LogP contribution in [-0.4, -0.2) is 30.8 Å². The summed E-state index contributed by atoms with van der Waals surface area (Å²) in [5, 5.41) is 11.6. The fourth-order valence-corrected chi connectivity index (χ4v) is 3.04. The quantitative estimate of drug-likeness (QED) is 0.338. The summed E-state index contributed by atoms with van der Waals surface area (Å²) in [5.74, 6) is -0.328. The van der Waals surface area contributed by atoms with Crippen molar-refractivity contribution < 1.29 is 14.4 Å². The molecule has 0 bridgehead atoms. The third-order valence-corrected chi connectivity index (χ3v) is 4.85. The number of nitrogens with one attached hydrogen (secondary N) is 4. The van der Waals surface area contributed by atoms with Crippen molar-refractivity contribution in [2.45, 2.75) is 52.4 Å². The van der Waals surface area contributed by atoms with E-state index in [1.165, 1.54) is 0 Å². The fraction of sp³-hybridized carbons (Fsp3) is 0.400. The van der Waals surface area contributed by atoms with Crippen LogP contribution in [0.15, 0.2) is 48.5 Å². The van der Waals surface area contributed by atoms with E-state index in [2.05, 4.69) is 35.1 Å². The van der Waals surface area contributed by atoms with Crippen molar-refractivity contribution in [2.75, 3.05) is 29.0 Å². The molecule has 0 aliphatic rings. The highest BCUT2D eigenvalue weighted by Crippen LogP contribution is 2.16. The molecule has 0 radical (unpaired) electrons. The molecule has 0 atom stereocenters. The van der Waals surface area contributed by atoms with Crippen LogP contribution >= 0.6 is 0 Å². The van der Waals surface area contributed by atoms with Gasteiger partial charge < -0.3 is 21.3 Å². The molecule has 32 heavy (non-hydrogen) atoms. The monoisotopic (exact) mass is 438 g/mol. The lowest BCUT2D eigenvalue weighted by atomic mass is 10.2. The third kappa shape index (κ3) is 9.20. The summed E-state index contributed by atoms with van der Waals surface area (Å²) in [6.07, 6.45) is 5.47. The van der Waals surface area contributed by atoms with E-state index in [-0.39, 0.29) is 24.3 Å². The summed E-state index contributed by atoms with van der Waals surface area (Å²) >= 11 is 0. The van der Waals surface area contributed by atoms with Crippen LogP contribution in [-0.2, 0) is 9.59 Å². The first kappa shape index (κ1) is 24.9. The molecule has 0 spiro atoms. The van der Waals surface area contributed by atoms with Gasteiger partial charge in [0, 0.05) is 35.6 Å². The normalized spacial score (nSPS) is 10.3. The Morgan fingerprint density at radius 1 is 0.750 bits per heavy atom. The second kappa shape index (κ2) is 13.9. The molecule has 2 aromatic carbocycles. The van der Waals surface area contributed by atoms with Crippen LogP contribution in [0.4, 0.5) is 17.1 Å². The van der Waals surface area contributed by atoms with E-state index in [1.807, 2.05) is 18.2 Å². The van der Waals surface area contributed by atoms with Gasteiger partial charge in [0.1, 0.15) is 0 Å². The summed E-state index contributed by atoms with van der Waals surface area (Å²) in [5.41, 5.74) is 2.62. The SMILES string of the molecule is CCCCCC(=O)Nc1cccc(NCC(=O)Nc2ccc(C(=O)NCCCC)cc2)c1. The molecule has 0 saturated carbocycles. The zero-order chi connectivity index (χ0) is 23.2. The number of amides is 3. The summed E-state index contributed by atoms with van der Waals surface area (Å²) in [7, 11) is 0. The molecule has 2 aromatic rings. The minimum atomic E-state index is -0.209. The lowest BCUT2D eigenvalue weighted by Crippen LogP contribution is -2.24. The van der Waals surface area contributed by atoms with E-state index in [1.54, 1.807) is 30.3 Å². The Morgan fingerprint density at radius 3 is 2.16 bits per heavy atom. The van der Waals surface area contributed by atoms with Crippen LogP contribution < -0.4 is 21.3 Å². The van der Waals surface area contributed by atoms with Crippen molar-refractivity contribution in [1.29, 1.82) is 0 Å². The van der Waals surface area contributed by atoms with Gasteiger partial charge in [0.15, 0.2) is 0 Å². The van der Waals surface area contributed by atoms with Crippen LogP contribution in [0.5, 0.6) is 0 Å². The highest BCUT2D eigenvalue weighted by atomic mass is 16.2. The average molecular weight is 439 g/mol. The lowest BCUT2D eigenvalue weighted by molar-refractivity contribution is -0.116. The fourth-order valence-electron chi connectivity index (χ4n) is 3.04. The Hall–Kier alpha value is -3.35. The van der Waals surface area contributed by atoms with E-state index < -0.39 is 0 Å². The molecule has 2 rings (SSSR count). The third-order valence-electron chi connectivity index (χ3n) is 4.85. The molecule has 0 unspecified atom stereocenters. The first-order valence-corrected chi connectivity index (χ1v) is 11.3. The molecule has 0 aromatic heterocycles. The van der Waals surface area contributed by atoms with Gasteiger partial charge >= 0.3 is 0 Å². The van der Waals surface area contributed by atoms with Gasteiger partial charge in [-0.2, -0.15) is 0 Å². The first-order chi connectivity index (χ1) is 15.5. The largest absolute Gasteiger partial charge is 0.376 e. The topological polar surface area (TPSA) is 99.3 Å². The minimum Gasteiger partial charge on any atom is -0.376 e. The van der Waals surface area contributed by atoms with Crippen LogP contribution in [0.25, 0.3) is 0 Å². The van der Waals surface area contributed by atoms with Gasteiger partial charge in [-0.25, -0.2) is 0 Å². The maximum atomic E-state index is 12.3. The molecule has 0 aliphatic heterocycles. The van der Waals surface area contributed by atoms with E-state index >= 15 is 0 Å². The predicted molar refractivity (Wildman–Crippen MR) is 130 cm³/mol. The number of hydrogen-bond donors (Lipinski definition) is 4. The molecule has 7 nitrogen and oxygen atoms in total. The van der Waals surface area contributed by atoms with Crippen molar-refractivity contribution in [3.63, 3.8) is 0 Å². The number of carbonyl (C=O) groups is 3. The maximum Gasteiger partial charge on any atom is 0.251 e. The summed E-state index contributed by atoms with van der Waals surface area (Å²) in [6, 6.07) is 14.1. The highest BCUT2D eigenvalue weighted by molar-refractivity contribution is 5.97. The minimum absolute atomic E-state index is 0.00386. The Morgan fingerprint density at radius 2 is 1.44 bits per heavy atom. The molecule has 172 valence electrons. The average Bonchev–Trinajstić information content (AvgIpc) is 2.79. The van der Waals surface area contributed by atoms with Gasteiger partial charge in [-0.05, 0) is 55.3 Å². The van der Waals surface area contributed by atoms with E-state index in [9.17, 15) is 14.4 Å². The van der Waals surface area contributed by atoms with E-state index in [0.29, 0.717) is 29.9 Å². The summed E-state index contributed by atoms with van der Waals surface area (Å²) in [6.45, 7) is 4.91. The van der Waals surface area contributed by atoms with Gasteiger partial charge in [-0.1, -0.05) is 39.2 Å². The second-order valence-corrected chi connectivity index (χ2v) is 7.67. The van der Waals surface area contributed by atoms with Gasteiger partial charge in [-0.15, -0.1) is 0 Å². The van der Waals surface area contributed by atoms with Crippen molar-refractivity contribution >= 4 is 34.8 Å². The van der Waals surface area contributed by atoms with Gasteiger partial charge in [0.25, 0.3) is 5.91 Å². The summed E-state index contributed by atoms with van der Waals surface area (Å²) in [4.78, 5) is 36.3. The first-order valence-electron chi connectivity index (χ1n) is 11.3. The molecule has 0 fully saturated rings. The molecular formula is C25H34N4O3.